The Morgan fingerprint density at radius 2 is 1.79 bits per heavy atom. The van der Waals surface area contributed by atoms with Crippen molar-refractivity contribution in [1.29, 1.82) is 0 Å². The number of aromatic nitrogens is 1. The van der Waals surface area contributed by atoms with Crippen LogP contribution >= 0.6 is 11.8 Å². The Morgan fingerprint density at radius 3 is 2.59 bits per heavy atom. The lowest BCUT2D eigenvalue weighted by molar-refractivity contribution is 0.101. The maximum absolute atomic E-state index is 12.7. The third kappa shape index (κ3) is 5.93. The zero-order valence-electron chi connectivity index (χ0n) is 16.1. The van der Waals surface area contributed by atoms with Crippen molar-refractivity contribution in [2.45, 2.75) is 18.2 Å². The molecule has 3 aromatic rings. The minimum Gasteiger partial charge on any atom is -0.490 e. The van der Waals surface area contributed by atoms with Crippen molar-refractivity contribution >= 4 is 29.3 Å². The lowest BCUT2D eigenvalue weighted by Gasteiger charge is -2.11. The molecule has 6 heteroatoms. The van der Waals surface area contributed by atoms with Crippen molar-refractivity contribution in [3.63, 3.8) is 0 Å². The number of pyridine rings is 1. The summed E-state index contributed by atoms with van der Waals surface area (Å²) in [4.78, 5) is 30.0. The Bertz CT molecular complexity index is 977. The molecule has 5 nitrogen and oxygen atoms in total. The number of nitrogens with one attached hydrogen (secondary N) is 1. The smallest absolute Gasteiger partial charge is 0.256 e. The van der Waals surface area contributed by atoms with Gasteiger partial charge in [0.05, 0.1) is 12.4 Å². The largest absolute Gasteiger partial charge is 0.490 e. The van der Waals surface area contributed by atoms with Crippen LogP contribution in [0.3, 0.4) is 0 Å². The van der Waals surface area contributed by atoms with Gasteiger partial charge in [-0.3, -0.25) is 9.59 Å². The van der Waals surface area contributed by atoms with Crippen molar-refractivity contribution in [1.82, 2.24) is 4.98 Å². The molecule has 0 spiro atoms. The molecule has 0 aliphatic heterocycles. The van der Waals surface area contributed by atoms with E-state index in [0.717, 1.165) is 11.3 Å². The lowest BCUT2D eigenvalue weighted by Crippen LogP contribution is -2.14. The van der Waals surface area contributed by atoms with Gasteiger partial charge in [-0.15, -0.1) is 11.8 Å². The molecule has 1 aromatic heterocycles. The predicted molar refractivity (Wildman–Crippen MR) is 116 cm³/mol. The molecule has 0 unspecified atom stereocenters. The van der Waals surface area contributed by atoms with Gasteiger partial charge in [-0.25, -0.2) is 4.98 Å². The van der Waals surface area contributed by atoms with Gasteiger partial charge in [-0.2, -0.15) is 0 Å². The quantitative estimate of drug-likeness (QED) is 0.396. The number of Topliss-reactive ketones (excluding diaryl/α,β-unsaturated/α-hetero) is 1. The molecular weight excluding hydrogens is 384 g/mol. The Kier molecular flexibility index (Phi) is 7.41. The number of carbonyl (C=O) groups excluding carboxylic acids is 2. The molecule has 0 aliphatic carbocycles. The fourth-order valence-electron chi connectivity index (χ4n) is 2.58. The number of thioether (sulfide) groups is 1. The molecule has 1 heterocycles. The summed E-state index contributed by atoms with van der Waals surface area (Å²) in [5.41, 5.74) is 1.18. The monoisotopic (exact) mass is 406 g/mol. The number of ether oxygens (including phenoxy) is 1. The number of ketones is 1. The standard InChI is InChI=1S/C23H22N2O3S/c1-2-14-28-21-12-7-13-24-22(21)25-23(27)18-10-6-11-19(15-18)29-16-20(26)17-8-4-3-5-9-17/h3-13,15H,2,14,16H2,1H3,(H,24,25,27). The van der Waals surface area contributed by atoms with Gasteiger partial charge < -0.3 is 10.1 Å². The second kappa shape index (κ2) is 10.4. The van der Waals surface area contributed by atoms with Crippen LogP contribution in [0.15, 0.2) is 77.8 Å². The maximum atomic E-state index is 12.7. The summed E-state index contributed by atoms with van der Waals surface area (Å²) in [7, 11) is 0. The summed E-state index contributed by atoms with van der Waals surface area (Å²) in [6.07, 6.45) is 2.47. The summed E-state index contributed by atoms with van der Waals surface area (Å²) >= 11 is 1.41. The number of amides is 1. The van der Waals surface area contributed by atoms with Crippen LogP contribution in [0.5, 0.6) is 5.75 Å². The van der Waals surface area contributed by atoms with E-state index in [0.29, 0.717) is 35.1 Å². The van der Waals surface area contributed by atoms with E-state index in [1.807, 2.05) is 31.2 Å². The Morgan fingerprint density at radius 1 is 1.00 bits per heavy atom. The van der Waals surface area contributed by atoms with E-state index in [1.165, 1.54) is 11.8 Å². The van der Waals surface area contributed by atoms with Crippen molar-refractivity contribution in [2.24, 2.45) is 0 Å². The highest BCUT2D eigenvalue weighted by Gasteiger charge is 2.12. The van der Waals surface area contributed by atoms with Gasteiger partial charge in [0.2, 0.25) is 0 Å². The van der Waals surface area contributed by atoms with Crippen molar-refractivity contribution < 1.29 is 14.3 Å². The minimum absolute atomic E-state index is 0.0525. The first-order chi connectivity index (χ1) is 14.2. The Labute approximate surface area is 174 Å². The van der Waals surface area contributed by atoms with Gasteiger partial charge in [0.25, 0.3) is 5.91 Å². The molecule has 1 amide bonds. The van der Waals surface area contributed by atoms with E-state index in [1.54, 1.807) is 48.7 Å². The van der Waals surface area contributed by atoms with Gasteiger partial charge in [-0.1, -0.05) is 43.3 Å². The topological polar surface area (TPSA) is 68.3 Å². The Hall–Kier alpha value is -3.12. The van der Waals surface area contributed by atoms with Crippen LogP contribution in [-0.4, -0.2) is 29.0 Å². The molecule has 1 N–H and O–H groups in total. The van der Waals surface area contributed by atoms with Crippen LogP contribution in [0.4, 0.5) is 5.82 Å². The van der Waals surface area contributed by atoms with Gasteiger partial charge in [-0.05, 0) is 36.8 Å². The molecule has 2 aromatic carbocycles. The Balaban J connectivity index is 1.65. The highest BCUT2D eigenvalue weighted by Crippen LogP contribution is 2.24. The van der Waals surface area contributed by atoms with Gasteiger partial charge in [0.1, 0.15) is 0 Å². The average Bonchev–Trinajstić information content (AvgIpc) is 2.77. The molecule has 29 heavy (non-hydrogen) atoms. The van der Waals surface area contributed by atoms with Crippen molar-refractivity contribution in [3.8, 4) is 5.75 Å². The van der Waals surface area contributed by atoms with E-state index in [4.69, 9.17) is 4.74 Å². The molecule has 0 radical (unpaired) electrons. The maximum Gasteiger partial charge on any atom is 0.256 e. The predicted octanol–water partition coefficient (Wildman–Crippen LogP) is 5.10. The molecule has 0 bridgehead atoms. The minimum atomic E-state index is -0.276. The first-order valence-electron chi connectivity index (χ1n) is 9.37. The van der Waals surface area contributed by atoms with Crippen LogP contribution in [0.2, 0.25) is 0 Å². The number of rotatable bonds is 9. The molecular formula is C23H22N2O3S. The number of hydrogen-bond donors (Lipinski definition) is 1. The lowest BCUT2D eigenvalue weighted by atomic mass is 10.2. The van der Waals surface area contributed by atoms with E-state index < -0.39 is 0 Å². The van der Waals surface area contributed by atoms with Gasteiger partial charge in [0.15, 0.2) is 17.4 Å². The average molecular weight is 407 g/mol. The fourth-order valence-corrected chi connectivity index (χ4v) is 3.43. The van der Waals surface area contributed by atoms with Crippen LogP contribution in [0, 0.1) is 0 Å². The van der Waals surface area contributed by atoms with Crippen LogP contribution in [0.25, 0.3) is 0 Å². The van der Waals surface area contributed by atoms with E-state index in [2.05, 4.69) is 10.3 Å². The summed E-state index contributed by atoms with van der Waals surface area (Å²) < 4.78 is 5.63. The third-order valence-electron chi connectivity index (χ3n) is 4.03. The SMILES string of the molecule is CCCOc1cccnc1NC(=O)c1cccc(SCC(=O)c2ccccc2)c1. The highest BCUT2D eigenvalue weighted by molar-refractivity contribution is 8.00. The van der Waals surface area contributed by atoms with Crippen LogP contribution < -0.4 is 10.1 Å². The summed E-state index contributed by atoms with van der Waals surface area (Å²) in [6, 6.07) is 19.9. The zero-order valence-corrected chi connectivity index (χ0v) is 16.9. The molecule has 0 atom stereocenters. The molecule has 148 valence electrons. The van der Waals surface area contributed by atoms with Gasteiger partial charge >= 0.3 is 0 Å². The highest BCUT2D eigenvalue weighted by atomic mass is 32.2. The zero-order chi connectivity index (χ0) is 20.5. The normalized spacial score (nSPS) is 10.4. The third-order valence-corrected chi connectivity index (χ3v) is 5.02. The molecule has 0 fully saturated rings. The fraction of sp³-hybridized carbons (Fsp3) is 0.174. The van der Waals surface area contributed by atoms with Crippen molar-refractivity contribution in [2.75, 3.05) is 17.7 Å². The van der Waals surface area contributed by atoms with E-state index >= 15 is 0 Å². The van der Waals surface area contributed by atoms with Crippen molar-refractivity contribution in [3.05, 3.63) is 84.1 Å². The first kappa shape index (κ1) is 20.6. The van der Waals surface area contributed by atoms with E-state index in [9.17, 15) is 9.59 Å². The van der Waals surface area contributed by atoms with E-state index in [-0.39, 0.29) is 11.7 Å². The molecule has 3 rings (SSSR count). The summed E-state index contributed by atoms with van der Waals surface area (Å²) in [5.74, 6) is 1.02. The summed E-state index contributed by atoms with van der Waals surface area (Å²) in [5, 5.41) is 2.80. The molecule has 0 saturated heterocycles. The summed E-state index contributed by atoms with van der Waals surface area (Å²) in [6.45, 7) is 2.57. The van der Waals surface area contributed by atoms with Crippen LogP contribution in [-0.2, 0) is 0 Å². The van der Waals surface area contributed by atoms with Gasteiger partial charge in [0, 0.05) is 22.2 Å². The number of anilines is 1. The van der Waals surface area contributed by atoms with Crippen LogP contribution in [0.1, 0.15) is 34.1 Å². The number of benzene rings is 2. The number of hydrogen-bond acceptors (Lipinski definition) is 5. The molecule has 0 saturated carbocycles. The molecule has 0 aliphatic rings. The first-order valence-corrected chi connectivity index (χ1v) is 10.4. The second-order valence-corrected chi connectivity index (χ2v) is 7.31. The second-order valence-electron chi connectivity index (χ2n) is 6.26. The number of nitrogens with zero attached hydrogens (tertiary/aromatic N) is 1. The number of carbonyl (C=O) groups is 2.